The van der Waals surface area contributed by atoms with Crippen LogP contribution in [0.3, 0.4) is 0 Å². The summed E-state index contributed by atoms with van der Waals surface area (Å²) >= 11 is 11.3. The van der Waals surface area contributed by atoms with Gasteiger partial charge in [-0.2, -0.15) is 0 Å². The van der Waals surface area contributed by atoms with Crippen LogP contribution in [0.1, 0.15) is 15.9 Å². The third-order valence-corrected chi connectivity index (χ3v) is 5.73. The van der Waals surface area contributed by atoms with E-state index in [1.807, 2.05) is 48.5 Å². The Labute approximate surface area is 208 Å². The van der Waals surface area contributed by atoms with Crippen molar-refractivity contribution >= 4 is 46.5 Å². The second kappa shape index (κ2) is 11.5. The van der Waals surface area contributed by atoms with Crippen LogP contribution >= 0.6 is 23.8 Å². The molecule has 0 spiro atoms. The van der Waals surface area contributed by atoms with Gasteiger partial charge in [-0.3, -0.25) is 4.79 Å². The summed E-state index contributed by atoms with van der Waals surface area (Å²) in [5.41, 5.74) is 3.40. The van der Waals surface area contributed by atoms with Gasteiger partial charge in [0.05, 0.1) is 17.7 Å². The fraction of sp³-hybridized carbons (Fsp3) is 0.160. The summed E-state index contributed by atoms with van der Waals surface area (Å²) in [6.07, 6.45) is 0.112. The number of para-hydroxylation sites is 1. The minimum atomic E-state index is -1.14. The van der Waals surface area contributed by atoms with Gasteiger partial charge < -0.3 is 25.8 Å². The molecule has 34 heavy (non-hydrogen) atoms. The standard InChI is InChI=1S/C25H24ClN3O4S/c1-27-25(34)28-17-11-12-19(20(26)14-17)23(30)29-21(24(31)32)13-15-7-9-16(10-8-15)18-5-3-4-6-22(18)33-2/h3-12,14,21H,13H2,1-2H3,(H,29,30)(H,31,32)(H2,27,28,34)/t21-/m0/s1. The van der Waals surface area contributed by atoms with E-state index >= 15 is 0 Å². The van der Waals surface area contributed by atoms with Crippen molar-refractivity contribution in [1.82, 2.24) is 10.6 Å². The molecule has 0 aliphatic rings. The van der Waals surface area contributed by atoms with E-state index in [9.17, 15) is 14.7 Å². The Morgan fingerprint density at radius 2 is 1.79 bits per heavy atom. The van der Waals surface area contributed by atoms with E-state index in [4.69, 9.17) is 28.6 Å². The van der Waals surface area contributed by atoms with E-state index in [1.165, 1.54) is 6.07 Å². The first-order chi connectivity index (χ1) is 16.3. The number of hydrogen-bond donors (Lipinski definition) is 4. The molecule has 9 heteroatoms. The Balaban J connectivity index is 1.72. The van der Waals surface area contributed by atoms with E-state index in [1.54, 1.807) is 26.3 Å². The van der Waals surface area contributed by atoms with Crippen molar-refractivity contribution in [2.24, 2.45) is 0 Å². The van der Waals surface area contributed by atoms with E-state index in [0.717, 1.165) is 22.4 Å². The predicted octanol–water partition coefficient (Wildman–Crippen LogP) is 4.36. The maximum Gasteiger partial charge on any atom is 0.326 e. The number of carbonyl (C=O) groups is 2. The minimum Gasteiger partial charge on any atom is -0.496 e. The predicted molar refractivity (Wildman–Crippen MR) is 138 cm³/mol. The average Bonchev–Trinajstić information content (AvgIpc) is 2.83. The highest BCUT2D eigenvalue weighted by Gasteiger charge is 2.22. The molecule has 0 aliphatic heterocycles. The number of aliphatic carboxylic acids is 1. The lowest BCUT2D eigenvalue weighted by Crippen LogP contribution is -2.42. The molecule has 4 N–H and O–H groups in total. The van der Waals surface area contributed by atoms with E-state index in [-0.39, 0.29) is 17.0 Å². The zero-order valence-electron chi connectivity index (χ0n) is 18.6. The van der Waals surface area contributed by atoms with Gasteiger partial charge in [0.25, 0.3) is 5.91 Å². The Hall–Kier alpha value is -3.62. The van der Waals surface area contributed by atoms with Crippen LogP contribution in [0.2, 0.25) is 5.02 Å². The molecule has 3 rings (SSSR count). The van der Waals surface area contributed by atoms with E-state index in [0.29, 0.717) is 10.8 Å². The van der Waals surface area contributed by atoms with Crippen LogP contribution in [-0.2, 0) is 11.2 Å². The molecule has 1 atom stereocenters. The van der Waals surface area contributed by atoms with Crippen molar-refractivity contribution < 1.29 is 19.4 Å². The lowest BCUT2D eigenvalue weighted by atomic mass is 10.00. The Morgan fingerprint density at radius 3 is 2.41 bits per heavy atom. The van der Waals surface area contributed by atoms with Gasteiger partial charge in [-0.1, -0.05) is 54.1 Å². The minimum absolute atomic E-state index is 0.112. The van der Waals surface area contributed by atoms with Gasteiger partial charge >= 0.3 is 5.97 Å². The summed E-state index contributed by atoms with van der Waals surface area (Å²) in [5.74, 6) is -0.974. The largest absolute Gasteiger partial charge is 0.496 e. The number of rotatable bonds is 8. The monoisotopic (exact) mass is 497 g/mol. The van der Waals surface area contributed by atoms with Crippen LogP contribution in [0.5, 0.6) is 5.75 Å². The van der Waals surface area contributed by atoms with Gasteiger partial charge in [-0.15, -0.1) is 0 Å². The zero-order chi connectivity index (χ0) is 24.7. The van der Waals surface area contributed by atoms with Crippen molar-refractivity contribution in [2.45, 2.75) is 12.5 Å². The van der Waals surface area contributed by atoms with Crippen LogP contribution in [0.25, 0.3) is 11.1 Å². The second-order valence-corrected chi connectivity index (χ2v) is 8.18. The fourth-order valence-electron chi connectivity index (χ4n) is 3.35. The lowest BCUT2D eigenvalue weighted by molar-refractivity contribution is -0.139. The number of hydrogen-bond acceptors (Lipinski definition) is 4. The Kier molecular flexibility index (Phi) is 8.45. The molecule has 0 radical (unpaired) electrons. The molecule has 1 amide bonds. The number of ether oxygens (including phenoxy) is 1. The molecular formula is C25H24ClN3O4S. The molecule has 0 aromatic heterocycles. The Morgan fingerprint density at radius 1 is 1.09 bits per heavy atom. The second-order valence-electron chi connectivity index (χ2n) is 7.36. The first-order valence-corrected chi connectivity index (χ1v) is 11.1. The number of halogens is 1. The van der Waals surface area contributed by atoms with Gasteiger partial charge in [0.1, 0.15) is 11.8 Å². The fourth-order valence-corrected chi connectivity index (χ4v) is 3.73. The zero-order valence-corrected chi connectivity index (χ0v) is 20.2. The van der Waals surface area contributed by atoms with Crippen LogP contribution < -0.4 is 20.7 Å². The lowest BCUT2D eigenvalue weighted by Gasteiger charge is -2.16. The van der Waals surface area contributed by atoms with E-state index in [2.05, 4.69) is 16.0 Å². The molecule has 0 fully saturated rings. The Bertz CT molecular complexity index is 1200. The topological polar surface area (TPSA) is 99.7 Å². The highest BCUT2D eigenvalue weighted by Crippen LogP contribution is 2.29. The number of thiocarbonyl (C=S) groups is 1. The number of carbonyl (C=O) groups excluding carboxylic acids is 1. The van der Waals surface area contributed by atoms with E-state index < -0.39 is 17.9 Å². The smallest absolute Gasteiger partial charge is 0.326 e. The summed E-state index contributed by atoms with van der Waals surface area (Å²) < 4.78 is 5.40. The van der Waals surface area contributed by atoms with Crippen molar-refractivity contribution in [1.29, 1.82) is 0 Å². The number of anilines is 1. The molecule has 0 unspecified atom stereocenters. The highest BCUT2D eigenvalue weighted by atomic mass is 35.5. The first-order valence-electron chi connectivity index (χ1n) is 10.4. The SMILES string of the molecule is CNC(=S)Nc1ccc(C(=O)N[C@@H](Cc2ccc(-c3ccccc3OC)cc2)C(=O)O)c(Cl)c1. The van der Waals surface area contributed by atoms with Crippen molar-refractivity contribution in [3.8, 4) is 16.9 Å². The quantitative estimate of drug-likeness (QED) is 0.343. The number of amides is 1. The molecular weight excluding hydrogens is 474 g/mol. The maximum atomic E-state index is 12.7. The van der Waals surface area contributed by atoms with Gasteiger partial charge in [0, 0.05) is 24.7 Å². The molecule has 0 aliphatic carbocycles. The maximum absolute atomic E-state index is 12.7. The van der Waals surface area contributed by atoms with Crippen LogP contribution in [-0.4, -0.2) is 42.3 Å². The van der Waals surface area contributed by atoms with Crippen LogP contribution in [0.15, 0.2) is 66.7 Å². The highest BCUT2D eigenvalue weighted by molar-refractivity contribution is 7.80. The van der Waals surface area contributed by atoms with Crippen molar-refractivity contribution in [3.05, 3.63) is 82.9 Å². The number of carboxylic acid groups (broad SMARTS) is 1. The summed E-state index contributed by atoms with van der Waals surface area (Å²) in [7, 11) is 3.29. The molecule has 7 nitrogen and oxygen atoms in total. The summed E-state index contributed by atoms with van der Waals surface area (Å²) in [6, 6.07) is 18.7. The summed E-state index contributed by atoms with van der Waals surface area (Å²) in [4.78, 5) is 24.6. The van der Waals surface area contributed by atoms with Crippen LogP contribution in [0.4, 0.5) is 5.69 Å². The molecule has 176 valence electrons. The number of benzene rings is 3. The van der Waals surface area contributed by atoms with Gasteiger partial charge in [-0.25, -0.2) is 4.79 Å². The van der Waals surface area contributed by atoms with Crippen LogP contribution in [0, 0.1) is 0 Å². The number of carboxylic acids is 1. The number of methoxy groups -OCH3 is 1. The molecule has 0 saturated carbocycles. The normalized spacial score (nSPS) is 11.3. The molecule has 3 aromatic carbocycles. The third-order valence-electron chi connectivity index (χ3n) is 5.11. The van der Waals surface area contributed by atoms with Crippen molar-refractivity contribution in [2.75, 3.05) is 19.5 Å². The third kappa shape index (κ3) is 6.24. The number of nitrogens with one attached hydrogen (secondary N) is 3. The molecule has 0 saturated heterocycles. The average molecular weight is 498 g/mol. The molecule has 0 bridgehead atoms. The summed E-state index contributed by atoms with van der Waals surface area (Å²) in [5, 5.41) is 18.5. The van der Waals surface area contributed by atoms with Gasteiger partial charge in [0.2, 0.25) is 0 Å². The molecule has 3 aromatic rings. The molecule has 0 heterocycles. The summed E-state index contributed by atoms with van der Waals surface area (Å²) in [6.45, 7) is 0. The van der Waals surface area contributed by atoms with Gasteiger partial charge in [-0.05, 0) is 47.6 Å². The van der Waals surface area contributed by atoms with Gasteiger partial charge in [0.15, 0.2) is 5.11 Å². The first kappa shape index (κ1) is 25.0. The van der Waals surface area contributed by atoms with Crippen molar-refractivity contribution in [3.63, 3.8) is 0 Å².